The van der Waals surface area contributed by atoms with E-state index in [1.807, 2.05) is 13.8 Å². The van der Waals surface area contributed by atoms with Crippen molar-refractivity contribution in [2.24, 2.45) is 5.41 Å². The minimum atomic E-state index is -0.310. The summed E-state index contributed by atoms with van der Waals surface area (Å²) < 4.78 is 5.24. The molecule has 0 radical (unpaired) electrons. The molecular weight excluding hydrogens is 335 g/mol. The molecule has 0 unspecified atom stereocenters. The molecule has 21 heavy (non-hydrogen) atoms. The van der Waals surface area contributed by atoms with Crippen LogP contribution in [0.3, 0.4) is 0 Å². The maximum atomic E-state index is 12.2. The van der Waals surface area contributed by atoms with E-state index in [2.05, 4.69) is 15.8 Å². The van der Waals surface area contributed by atoms with E-state index in [0.717, 1.165) is 5.69 Å². The van der Waals surface area contributed by atoms with Crippen molar-refractivity contribution < 1.29 is 14.3 Å². The van der Waals surface area contributed by atoms with Gasteiger partial charge in [0, 0.05) is 0 Å². The first-order valence-corrected chi connectivity index (χ1v) is 8.60. The van der Waals surface area contributed by atoms with Crippen LogP contribution in [0.25, 0.3) is 0 Å². The van der Waals surface area contributed by atoms with Crippen molar-refractivity contribution in [2.75, 3.05) is 7.11 Å². The first-order chi connectivity index (χ1) is 9.86. The summed E-state index contributed by atoms with van der Waals surface area (Å²) in [4.78, 5) is 27.9. The Morgan fingerprint density at radius 1 is 1.52 bits per heavy atom. The standard InChI is InChI=1S/C15H16N2O3Se/c1-15(2)5-11-10(12(18)6-15)4-9(7-16)14(17-11)21-8-13(19)20-3/h4H,5-6,8H2,1-3H3. The Balaban J connectivity index is 2.37. The van der Waals surface area contributed by atoms with Gasteiger partial charge in [-0.25, -0.2) is 0 Å². The van der Waals surface area contributed by atoms with Crippen LogP contribution in [0, 0.1) is 16.7 Å². The SMILES string of the molecule is COC(=O)C[Se]c1nc2c(cc1C#N)C(=O)CC(C)(C)C2. The van der Waals surface area contributed by atoms with Gasteiger partial charge in [0.1, 0.15) is 0 Å². The van der Waals surface area contributed by atoms with Crippen molar-refractivity contribution in [3.05, 3.63) is 22.9 Å². The second kappa shape index (κ2) is 5.97. The van der Waals surface area contributed by atoms with Crippen LogP contribution in [0.15, 0.2) is 6.07 Å². The van der Waals surface area contributed by atoms with Gasteiger partial charge in [-0.3, -0.25) is 0 Å². The molecule has 1 aliphatic carbocycles. The molecule has 0 aliphatic heterocycles. The molecule has 1 aliphatic rings. The number of aromatic nitrogens is 1. The molecule has 0 fully saturated rings. The zero-order valence-electron chi connectivity index (χ0n) is 12.2. The number of hydrogen-bond donors (Lipinski definition) is 0. The molecule has 0 bridgehead atoms. The fourth-order valence-electron chi connectivity index (χ4n) is 2.33. The zero-order valence-corrected chi connectivity index (χ0v) is 13.9. The Bertz CT molecular complexity index is 647. The fraction of sp³-hybridized carbons (Fsp3) is 0.467. The number of ketones is 1. The van der Waals surface area contributed by atoms with Crippen LogP contribution in [0.1, 0.15) is 41.9 Å². The summed E-state index contributed by atoms with van der Waals surface area (Å²) in [6.07, 6.45) is 1.18. The molecule has 1 heterocycles. The molecule has 0 aromatic carbocycles. The van der Waals surface area contributed by atoms with E-state index in [1.165, 1.54) is 7.11 Å². The van der Waals surface area contributed by atoms with Gasteiger partial charge in [0.25, 0.3) is 0 Å². The molecule has 0 saturated carbocycles. The van der Waals surface area contributed by atoms with Crippen molar-refractivity contribution in [2.45, 2.75) is 32.0 Å². The van der Waals surface area contributed by atoms with E-state index in [-0.39, 0.29) is 37.4 Å². The zero-order chi connectivity index (χ0) is 15.6. The van der Waals surface area contributed by atoms with Crippen LogP contribution in [0.5, 0.6) is 0 Å². The normalized spacial score (nSPS) is 16.0. The summed E-state index contributed by atoms with van der Waals surface area (Å²) in [6.45, 7) is 4.07. The van der Waals surface area contributed by atoms with Crippen LogP contribution in [-0.4, -0.2) is 38.8 Å². The molecule has 1 aromatic rings. The first kappa shape index (κ1) is 15.7. The number of rotatable bonds is 3. The Hall–Kier alpha value is -1.70. The number of pyridine rings is 1. The number of nitrogens with zero attached hydrogens (tertiary/aromatic N) is 2. The fourth-order valence-corrected chi connectivity index (χ4v) is 4.02. The summed E-state index contributed by atoms with van der Waals surface area (Å²) in [7, 11) is 1.34. The predicted octanol–water partition coefficient (Wildman–Crippen LogP) is 1.03. The molecule has 110 valence electrons. The molecule has 5 nitrogen and oxygen atoms in total. The van der Waals surface area contributed by atoms with Gasteiger partial charge in [0.05, 0.1) is 0 Å². The van der Waals surface area contributed by atoms with Crippen LogP contribution in [0.2, 0.25) is 5.32 Å². The van der Waals surface area contributed by atoms with Crippen molar-refractivity contribution in [1.29, 1.82) is 5.26 Å². The average Bonchev–Trinajstić information content (AvgIpc) is 2.42. The number of carbonyl (C=O) groups is 2. The van der Waals surface area contributed by atoms with Gasteiger partial charge in [-0.2, -0.15) is 0 Å². The summed E-state index contributed by atoms with van der Waals surface area (Å²) in [5.74, 6) is -0.271. The third kappa shape index (κ3) is 3.49. The van der Waals surface area contributed by atoms with E-state index in [1.54, 1.807) is 6.07 Å². The topological polar surface area (TPSA) is 80.0 Å². The van der Waals surface area contributed by atoms with E-state index in [9.17, 15) is 14.9 Å². The van der Waals surface area contributed by atoms with Gasteiger partial charge in [-0.05, 0) is 0 Å². The van der Waals surface area contributed by atoms with Crippen molar-refractivity contribution >= 4 is 31.3 Å². The molecule has 0 spiro atoms. The Labute approximate surface area is 129 Å². The monoisotopic (exact) mass is 352 g/mol. The van der Waals surface area contributed by atoms with Crippen LogP contribution in [0.4, 0.5) is 0 Å². The second-order valence-corrected chi connectivity index (χ2v) is 7.78. The first-order valence-electron chi connectivity index (χ1n) is 6.53. The third-order valence-electron chi connectivity index (χ3n) is 3.33. The van der Waals surface area contributed by atoms with Gasteiger partial charge < -0.3 is 0 Å². The maximum absolute atomic E-state index is 12.2. The van der Waals surface area contributed by atoms with E-state index in [4.69, 9.17) is 0 Å². The van der Waals surface area contributed by atoms with Gasteiger partial charge in [0.15, 0.2) is 0 Å². The number of hydrogen-bond acceptors (Lipinski definition) is 5. The average molecular weight is 351 g/mol. The van der Waals surface area contributed by atoms with Gasteiger partial charge in [0.2, 0.25) is 0 Å². The predicted molar refractivity (Wildman–Crippen MR) is 77.6 cm³/mol. The summed E-state index contributed by atoms with van der Waals surface area (Å²) in [5.41, 5.74) is 1.59. The molecule has 0 amide bonds. The molecule has 1 aromatic heterocycles. The number of nitriles is 1. The second-order valence-electron chi connectivity index (χ2n) is 5.75. The van der Waals surface area contributed by atoms with Crippen molar-refractivity contribution in [3.63, 3.8) is 0 Å². The summed E-state index contributed by atoms with van der Waals surface area (Å²) in [5, 5.41) is 9.46. The summed E-state index contributed by atoms with van der Waals surface area (Å²) >= 11 is -0.266. The molecule has 6 heteroatoms. The molecule has 0 atom stereocenters. The number of Topliss-reactive ketones (excluding diaryl/α,β-unsaturated/α-hetero) is 1. The van der Waals surface area contributed by atoms with Gasteiger partial charge >= 0.3 is 129 Å². The quantitative estimate of drug-likeness (QED) is 0.600. The summed E-state index contributed by atoms with van der Waals surface area (Å²) in [6, 6.07) is 3.71. The molecule has 0 saturated heterocycles. The Morgan fingerprint density at radius 2 is 2.24 bits per heavy atom. The van der Waals surface area contributed by atoms with Crippen LogP contribution in [-0.2, 0) is 16.0 Å². The van der Waals surface area contributed by atoms with Gasteiger partial charge in [-0.15, -0.1) is 0 Å². The van der Waals surface area contributed by atoms with Crippen molar-refractivity contribution in [1.82, 2.24) is 4.98 Å². The molecule has 2 rings (SSSR count). The third-order valence-corrected chi connectivity index (χ3v) is 5.35. The number of carbonyl (C=O) groups excluding carboxylic acids is 2. The number of esters is 1. The van der Waals surface area contributed by atoms with E-state index >= 15 is 0 Å². The number of methoxy groups -OCH3 is 1. The molecular formula is C15H16N2O3Se. The number of fused-ring (bicyclic) bond motifs is 1. The minimum absolute atomic E-state index is 0.0391. The van der Waals surface area contributed by atoms with E-state index in [0.29, 0.717) is 28.6 Å². The molecule has 0 N–H and O–H groups in total. The Morgan fingerprint density at radius 3 is 2.86 bits per heavy atom. The number of ether oxygens (including phenoxy) is 1. The van der Waals surface area contributed by atoms with Crippen molar-refractivity contribution in [3.8, 4) is 6.07 Å². The van der Waals surface area contributed by atoms with E-state index < -0.39 is 0 Å². The Kier molecular flexibility index (Phi) is 4.46. The van der Waals surface area contributed by atoms with Crippen LogP contribution < -0.4 is 4.59 Å². The van der Waals surface area contributed by atoms with Crippen LogP contribution >= 0.6 is 0 Å². The van der Waals surface area contributed by atoms with Gasteiger partial charge in [-0.1, -0.05) is 0 Å².